The van der Waals surface area contributed by atoms with Gasteiger partial charge in [-0.05, 0) is 134 Å². The Bertz CT molecular complexity index is 1800. The molecule has 0 bridgehead atoms. The molecule has 10 heteroatoms. The van der Waals surface area contributed by atoms with Crippen molar-refractivity contribution in [3.63, 3.8) is 0 Å². The molecular formula is C43H56ClN3O4SSi. The number of carbonyl (C=O) groups excluding carboxylic acids is 1. The minimum Gasteiger partial charge on any atom is -0.490 e. The number of fused-ring (bicyclic) bond motifs is 3. The molecule has 0 saturated heterocycles. The molecule has 2 fully saturated rings. The first kappa shape index (κ1) is 38.4. The van der Waals surface area contributed by atoms with Crippen LogP contribution in [0.4, 0.5) is 5.69 Å². The number of hydrogen-bond acceptors (Lipinski definition) is 8. The minimum atomic E-state index is -2.07. The maximum Gasteiger partial charge on any atom is 0.337 e. The van der Waals surface area contributed by atoms with Crippen LogP contribution in [0.3, 0.4) is 0 Å². The normalized spacial score (nSPS) is 26.1. The molecule has 0 radical (unpaired) electrons. The molecule has 2 heterocycles. The molecule has 0 amide bonds. The number of nitrogens with zero attached hydrogens (tertiary/aromatic N) is 3. The van der Waals surface area contributed by atoms with Gasteiger partial charge in [-0.1, -0.05) is 62.4 Å². The van der Waals surface area contributed by atoms with E-state index >= 15 is 0 Å². The molecule has 0 N–H and O–H groups in total. The van der Waals surface area contributed by atoms with Crippen LogP contribution < -0.4 is 9.64 Å². The van der Waals surface area contributed by atoms with Gasteiger partial charge in [0.2, 0.25) is 0 Å². The Labute approximate surface area is 326 Å². The lowest BCUT2D eigenvalue weighted by Gasteiger charge is -2.48. The van der Waals surface area contributed by atoms with E-state index in [1.165, 1.54) is 31.1 Å². The van der Waals surface area contributed by atoms with Crippen molar-refractivity contribution in [2.75, 3.05) is 37.5 Å². The number of carbonyl (C=O) groups is 1. The van der Waals surface area contributed by atoms with Crippen LogP contribution >= 0.6 is 23.4 Å². The molecule has 7 rings (SSSR count). The van der Waals surface area contributed by atoms with E-state index in [0.717, 1.165) is 72.6 Å². The predicted molar refractivity (Wildman–Crippen MR) is 218 cm³/mol. The number of thioether (sulfide) groups is 1. The van der Waals surface area contributed by atoms with Crippen LogP contribution in [-0.4, -0.2) is 62.9 Å². The number of anilines is 1. The summed E-state index contributed by atoms with van der Waals surface area (Å²) in [6, 6.07) is 14.1. The predicted octanol–water partition coefficient (Wildman–Crippen LogP) is 10.2. The third-order valence-corrected chi connectivity index (χ3v) is 18.8. The molecule has 3 aliphatic carbocycles. The van der Waals surface area contributed by atoms with E-state index in [1.54, 1.807) is 11.8 Å². The zero-order chi connectivity index (χ0) is 37.4. The lowest BCUT2D eigenvalue weighted by molar-refractivity contribution is 0.0519. The summed E-state index contributed by atoms with van der Waals surface area (Å²) in [5.74, 6) is 3.58. The molecular weight excluding hydrogens is 718 g/mol. The number of ether oxygens (including phenoxy) is 2. The van der Waals surface area contributed by atoms with E-state index in [0.29, 0.717) is 35.8 Å². The average molecular weight is 775 g/mol. The number of aromatic nitrogens is 2. The number of allylic oxidation sites excluding steroid dienone is 1. The third kappa shape index (κ3) is 8.24. The Kier molecular flexibility index (Phi) is 11.4. The first-order valence-corrected chi connectivity index (χ1v) is 23.8. The topological polar surface area (TPSA) is 73.8 Å². The SMILES string of the molecule is COC(=O)c1ccc2c(c1)N(C[C@@H]1CC[C@H]1C(/C=C\[C@@H]1CC[C@H]1CSc1ncccn1)O[Si](C)(C)C(C)(C)C)C[C@@]1(CCCc3cc(Cl)ccc31)CO2. The summed E-state index contributed by atoms with van der Waals surface area (Å²) in [7, 11) is -0.626. The van der Waals surface area contributed by atoms with E-state index in [1.807, 2.05) is 42.7 Å². The Morgan fingerprint density at radius 2 is 1.91 bits per heavy atom. The van der Waals surface area contributed by atoms with Gasteiger partial charge in [0, 0.05) is 41.7 Å². The number of rotatable bonds is 11. The summed E-state index contributed by atoms with van der Waals surface area (Å²) in [4.78, 5) is 24.2. The summed E-state index contributed by atoms with van der Waals surface area (Å²) in [5.41, 5.74) is 4.02. The largest absolute Gasteiger partial charge is 0.490 e. The maximum atomic E-state index is 12.8. The summed E-state index contributed by atoms with van der Waals surface area (Å²) < 4.78 is 19.2. The summed E-state index contributed by atoms with van der Waals surface area (Å²) in [6.07, 6.45) is 16.6. The maximum absolute atomic E-state index is 12.8. The van der Waals surface area contributed by atoms with Gasteiger partial charge in [0.1, 0.15) is 5.75 Å². The second kappa shape index (κ2) is 15.7. The Morgan fingerprint density at radius 1 is 1.11 bits per heavy atom. The van der Waals surface area contributed by atoms with Crippen LogP contribution in [0.5, 0.6) is 5.75 Å². The zero-order valence-corrected chi connectivity index (χ0v) is 34.8. The second-order valence-electron chi connectivity index (χ2n) is 17.4. The van der Waals surface area contributed by atoms with Gasteiger partial charge < -0.3 is 18.8 Å². The summed E-state index contributed by atoms with van der Waals surface area (Å²) in [5, 5.41) is 1.76. The first-order valence-electron chi connectivity index (χ1n) is 19.5. The van der Waals surface area contributed by atoms with Gasteiger partial charge >= 0.3 is 5.97 Å². The number of halogens is 1. The van der Waals surface area contributed by atoms with Crippen LogP contribution in [-0.2, 0) is 21.0 Å². The second-order valence-corrected chi connectivity index (χ2v) is 23.5. The van der Waals surface area contributed by atoms with Gasteiger partial charge in [-0.15, -0.1) is 0 Å². The van der Waals surface area contributed by atoms with Crippen LogP contribution in [0.15, 0.2) is 72.2 Å². The Hall–Kier alpha value is -2.85. The number of esters is 1. The van der Waals surface area contributed by atoms with Crippen molar-refractivity contribution in [3.05, 3.63) is 88.7 Å². The molecule has 1 aromatic heterocycles. The van der Waals surface area contributed by atoms with Crippen molar-refractivity contribution >= 4 is 43.3 Å². The van der Waals surface area contributed by atoms with Gasteiger partial charge in [0.05, 0.1) is 31.1 Å². The summed E-state index contributed by atoms with van der Waals surface area (Å²) >= 11 is 8.29. The van der Waals surface area contributed by atoms with Gasteiger partial charge in [0.25, 0.3) is 0 Å². The van der Waals surface area contributed by atoms with Crippen molar-refractivity contribution in [1.29, 1.82) is 0 Å². The van der Waals surface area contributed by atoms with E-state index in [4.69, 9.17) is 25.5 Å². The molecule has 6 atom stereocenters. The highest BCUT2D eigenvalue weighted by atomic mass is 35.5. The molecule has 1 spiro atoms. The lowest BCUT2D eigenvalue weighted by atomic mass is 9.68. The fraction of sp³-hybridized carbons (Fsp3) is 0.558. The van der Waals surface area contributed by atoms with Crippen LogP contribution in [0.1, 0.15) is 80.8 Å². The molecule has 1 aliphatic heterocycles. The molecule has 53 heavy (non-hydrogen) atoms. The van der Waals surface area contributed by atoms with Crippen molar-refractivity contribution in [2.24, 2.45) is 23.7 Å². The third-order valence-electron chi connectivity index (χ3n) is 13.0. The molecule has 3 aromatic rings. The highest BCUT2D eigenvalue weighted by Crippen LogP contribution is 2.49. The average Bonchev–Trinajstić information content (AvgIpc) is 3.25. The Morgan fingerprint density at radius 3 is 2.60 bits per heavy atom. The van der Waals surface area contributed by atoms with Crippen LogP contribution in [0.25, 0.3) is 0 Å². The zero-order valence-electron chi connectivity index (χ0n) is 32.3. The Balaban J connectivity index is 1.16. The van der Waals surface area contributed by atoms with Crippen LogP contribution in [0.2, 0.25) is 23.2 Å². The minimum absolute atomic E-state index is 0.0663. The van der Waals surface area contributed by atoms with E-state index < -0.39 is 8.32 Å². The lowest BCUT2D eigenvalue weighted by Crippen LogP contribution is -2.52. The quantitative estimate of drug-likeness (QED) is 0.0627. The molecule has 2 saturated carbocycles. The molecule has 1 unspecified atom stereocenters. The standard InChI is InChI=1S/C43H56ClN3O4SSi/c1-42(2,3)53(5,6)51-38(18-13-29-10-11-33(29)26-52-41-45-21-8-22-46-41)35-16-12-32(35)25-47-27-43(20-7-9-30-23-34(44)15-17-36(30)43)28-50-39-19-14-31(24-37(39)47)40(48)49-4/h8,13-15,17-19,21-24,29,32-33,35,38H,7,9-12,16,20,25-28H2,1-6H3/b18-13-/t29-,32-,33-,35+,38?,43-/m0/s1. The van der Waals surface area contributed by atoms with Gasteiger partial charge in [-0.3, -0.25) is 0 Å². The smallest absolute Gasteiger partial charge is 0.337 e. The number of hydrogen-bond donors (Lipinski definition) is 0. The van der Waals surface area contributed by atoms with Crippen LogP contribution in [0, 0.1) is 23.7 Å². The molecule has 284 valence electrons. The fourth-order valence-corrected chi connectivity index (χ4v) is 11.1. The fourth-order valence-electron chi connectivity index (χ4n) is 8.53. The number of benzene rings is 2. The molecule has 4 aliphatic rings. The van der Waals surface area contributed by atoms with E-state index in [2.05, 4.69) is 73.0 Å². The highest BCUT2D eigenvalue weighted by Gasteiger charge is 2.47. The molecule has 7 nitrogen and oxygen atoms in total. The number of aryl methyl sites for hydroxylation is 1. The van der Waals surface area contributed by atoms with Gasteiger partial charge in [-0.25, -0.2) is 14.8 Å². The van der Waals surface area contributed by atoms with Crippen molar-refractivity contribution < 1.29 is 18.7 Å². The highest BCUT2D eigenvalue weighted by molar-refractivity contribution is 7.99. The van der Waals surface area contributed by atoms with Crippen molar-refractivity contribution in [3.8, 4) is 5.75 Å². The van der Waals surface area contributed by atoms with Gasteiger partial charge in [-0.2, -0.15) is 0 Å². The summed E-state index contributed by atoms with van der Waals surface area (Å²) in [6.45, 7) is 14.1. The van der Waals surface area contributed by atoms with E-state index in [-0.39, 0.29) is 22.5 Å². The number of methoxy groups -OCH3 is 1. The molecule has 2 aromatic carbocycles. The van der Waals surface area contributed by atoms with E-state index in [9.17, 15) is 4.79 Å². The van der Waals surface area contributed by atoms with Gasteiger partial charge in [0.15, 0.2) is 13.5 Å². The van der Waals surface area contributed by atoms with Crippen molar-refractivity contribution in [1.82, 2.24) is 9.97 Å². The van der Waals surface area contributed by atoms with Crippen molar-refractivity contribution in [2.45, 2.75) is 101 Å². The monoisotopic (exact) mass is 773 g/mol. The first-order chi connectivity index (χ1) is 25.4.